The van der Waals surface area contributed by atoms with Crippen LogP contribution in [0.25, 0.3) is 0 Å². The van der Waals surface area contributed by atoms with E-state index in [1.165, 1.54) is 32.0 Å². The van der Waals surface area contributed by atoms with Crippen molar-refractivity contribution >= 4 is 5.69 Å². The topological polar surface area (TPSA) is 81.2 Å². The summed E-state index contributed by atoms with van der Waals surface area (Å²) in [4.78, 5) is 10.3. The van der Waals surface area contributed by atoms with E-state index in [9.17, 15) is 28.4 Å². The molecule has 0 saturated carbocycles. The largest absolute Gasteiger partial charge is 0.416 e. The number of hydrogen-bond donors (Lipinski definition) is 1. The number of benzene rings is 1. The first-order chi connectivity index (χ1) is 10.6. The molecule has 2 rings (SSSR count). The Bertz CT molecular complexity index is 741. The molecule has 0 aliphatic heterocycles. The molecule has 1 atom stereocenters. The molecule has 1 heterocycles. The number of aliphatic hydroxyl groups is 1. The summed E-state index contributed by atoms with van der Waals surface area (Å²) in [5.74, 6) is 0. The highest BCUT2D eigenvalue weighted by Crippen LogP contribution is 2.35. The smallest absolute Gasteiger partial charge is 0.386 e. The highest BCUT2D eigenvalue weighted by Gasteiger charge is 2.35. The van der Waals surface area contributed by atoms with Crippen molar-refractivity contribution in [3.05, 3.63) is 56.9 Å². The summed E-state index contributed by atoms with van der Waals surface area (Å²) in [5.41, 5.74) is -1.13. The lowest BCUT2D eigenvalue weighted by Gasteiger charge is -2.17. The number of aromatic nitrogens is 2. The molecule has 1 aromatic heterocycles. The number of aryl methyl sites for hydroxylation is 1. The molecule has 0 amide bonds. The number of aliphatic hydroxyl groups excluding tert-OH is 1. The van der Waals surface area contributed by atoms with Gasteiger partial charge in [-0.05, 0) is 25.5 Å². The number of nitrogens with zero attached hydrogens (tertiary/aromatic N) is 3. The molecular formula is C14H14F3N3O3. The molecule has 0 aliphatic rings. The Kier molecular flexibility index (Phi) is 4.42. The molecule has 124 valence electrons. The summed E-state index contributed by atoms with van der Waals surface area (Å²) < 4.78 is 40.1. The van der Waals surface area contributed by atoms with E-state index < -0.39 is 22.8 Å². The molecule has 0 radical (unpaired) electrons. The van der Waals surface area contributed by atoms with Crippen LogP contribution in [0.5, 0.6) is 0 Å². The van der Waals surface area contributed by atoms with Crippen molar-refractivity contribution < 1.29 is 23.2 Å². The highest BCUT2D eigenvalue weighted by molar-refractivity contribution is 5.39. The summed E-state index contributed by atoms with van der Waals surface area (Å²) in [6, 6.07) is 4.67. The third-order valence-electron chi connectivity index (χ3n) is 3.50. The zero-order valence-corrected chi connectivity index (χ0v) is 12.3. The minimum atomic E-state index is -4.60. The van der Waals surface area contributed by atoms with Crippen LogP contribution in [0.4, 0.5) is 18.9 Å². The zero-order chi connectivity index (χ0) is 17.4. The van der Waals surface area contributed by atoms with Gasteiger partial charge < -0.3 is 5.11 Å². The fraction of sp³-hybridized carbons (Fsp3) is 0.357. The Morgan fingerprint density at radius 2 is 1.96 bits per heavy atom. The quantitative estimate of drug-likeness (QED) is 0.690. The van der Waals surface area contributed by atoms with Crippen LogP contribution in [0.2, 0.25) is 0 Å². The molecule has 23 heavy (non-hydrogen) atoms. The zero-order valence-electron chi connectivity index (χ0n) is 12.3. The van der Waals surface area contributed by atoms with Crippen LogP contribution in [-0.2, 0) is 12.7 Å². The van der Waals surface area contributed by atoms with Gasteiger partial charge >= 0.3 is 11.9 Å². The van der Waals surface area contributed by atoms with E-state index in [0.717, 1.165) is 10.7 Å². The molecule has 9 heteroatoms. The minimum Gasteiger partial charge on any atom is -0.386 e. The minimum absolute atomic E-state index is 0.142. The summed E-state index contributed by atoms with van der Waals surface area (Å²) in [6.45, 7) is 2.55. The van der Waals surface area contributed by atoms with Crippen LogP contribution in [0.1, 0.15) is 28.6 Å². The Balaban J connectivity index is 2.36. The SMILES string of the molecule is Cc1nn(C[C@H](O)c2ccccc2C(F)(F)F)c(C)c1[N+](=O)[O-]. The second-order valence-electron chi connectivity index (χ2n) is 5.06. The predicted molar refractivity (Wildman–Crippen MR) is 74.8 cm³/mol. The summed E-state index contributed by atoms with van der Waals surface area (Å²) in [7, 11) is 0. The molecule has 0 fully saturated rings. The molecule has 0 unspecified atom stereocenters. The van der Waals surface area contributed by atoms with Gasteiger partial charge in [0.2, 0.25) is 0 Å². The van der Waals surface area contributed by atoms with Gasteiger partial charge in [-0.15, -0.1) is 0 Å². The maximum Gasteiger partial charge on any atom is 0.416 e. The second-order valence-corrected chi connectivity index (χ2v) is 5.06. The first-order valence-corrected chi connectivity index (χ1v) is 6.65. The van der Waals surface area contributed by atoms with E-state index in [0.29, 0.717) is 0 Å². The van der Waals surface area contributed by atoms with Crippen LogP contribution >= 0.6 is 0 Å². The Morgan fingerprint density at radius 1 is 1.35 bits per heavy atom. The lowest BCUT2D eigenvalue weighted by atomic mass is 10.0. The van der Waals surface area contributed by atoms with E-state index >= 15 is 0 Å². The molecule has 1 N–H and O–H groups in total. The molecule has 0 spiro atoms. The van der Waals surface area contributed by atoms with Gasteiger partial charge in [0.1, 0.15) is 11.4 Å². The third-order valence-corrected chi connectivity index (χ3v) is 3.50. The number of halogens is 3. The van der Waals surface area contributed by atoms with Crippen LogP contribution in [0, 0.1) is 24.0 Å². The lowest BCUT2D eigenvalue weighted by Crippen LogP contribution is -2.16. The predicted octanol–water partition coefficient (Wildman–Crippen LogP) is 3.16. The van der Waals surface area contributed by atoms with Gasteiger partial charge in [0.15, 0.2) is 0 Å². The average molecular weight is 329 g/mol. The van der Waals surface area contributed by atoms with Crippen LogP contribution in [-0.4, -0.2) is 19.8 Å². The number of nitro groups is 1. The summed E-state index contributed by atoms with van der Waals surface area (Å²) in [6.07, 6.45) is -6.09. The second kappa shape index (κ2) is 5.99. The van der Waals surface area contributed by atoms with Crippen molar-refractivity contribution in [1.29, 1.82) is 0 Å². The van der Waals surface area contributed by atoms with Crippen molar-refractivity contribution in [2.75, 3.05) is 0 Å². The maximum absolute atomic E-state index is 13.0. The monoisotopic (exact) mass is 329 g/mol. The van der Waals surface area contributed by atoms with Crippen molar-refractivity contribution in [2.24, 2.45) is 0 Å². The lowest BCUT2D eigenvalue weighted by molar-refractivity contribution is -0.386. The normalized spacial score (nSPS) is 13.1. The summed E-state index contributed by atoms with van der Waals surface area (Å²) >= 11 is 0. The third kappa shape index (κ3) is 3.34. The Morgan fingerprint density at radius 3 is 2.48 bits per heavy atom. The van der Waals surface area contributed by atoms with E-state index in [2.05, 4.69) is 5.10 Å². The van der Waals surface area contributed by atoms with Crippen molar-refractivity contribution in [3.63, 3.8) is 0 Å². The molecular weight excluding hydrogens is 315 g/mol. The fourth-order valence-electron chi connectivity index (χ4n) is 2.44. The highest BCUT2D eigenvalue weighted by atomic mass is 19.4. The van der Waals surface area contributed by atoms with E-state index in [1.807, 2.05) is 0 Å². The number of hydrogen-bond acceptors (Lipinski definition) is 4. The van der Waals surface area contributed by atoms with Crippen molar-refractivity contribution in [1.82, 2.24) is 9.78 Å². The fourth-order valence-corrected chi connectivity index (χ4v) is 2.44. The molecule has 6 nitrogen and oxygen atoms in total. The van der Waals surface area contributed by atoms with Crippen molar-refractivity contribution in [3.8, 4) is 0 Å². The van der Waals surface area contributed by atoms with E-state index in [-0.39, 0.29) is 29.2 Å². The van der Waals surface area contributed by atoms with E-state index in [4.69, 9.17) is 0 Å². The standard InChI is InChI=1S/C14H14F3N3O3/c1-8-13(20(22)23)9(2)19(18-8)7-12(21)10-5-3-4-6-11(10)14(15,16)17/h3-6,12,21H,7H2,1-2H3/t12-/m0/s1. The van der Waals surface area contributed by atoms with Gasteiger partial charge in [-0.2, -0.15) is 18.3 Å². The Labute approximate surface area is 129 Å². The Hall–Kier alpha value is -2.42. The van der Waals surface area contributed by atoms with Gasteiger partial charge in [0.05, 0.1) is 23.1 Å². The molecule has 0 bridgehead atoms. The van der Waals surface area contributed by atoms with Gasteiger partial charge in [-0.3, -0.25) is 14.8 Å². The van der Waals surface area contributed by atoms with Gasteiger partial charge in [0.25, 0.3) is 0 Å². The first kappa shape index (κ1) is 16.9. The van der Waals surface area contributed by atoms with Crippen LogP contribution in [0.15, 0.2) is 24.3 Å². The number of alkyl halides is 3. The molecule has 0 aliphatic carbocycles. The van der Waals surface area contributed by atoms with Crippen LogP contribution in [0.3, 0.4) is 0 Å². The summed E-state index contributed by atoms with van der Waals surface area (Å²) in [5, 5.41) is 25.0. The van der Waals surface area contributed by atoms with Crippen LogP contribution < -0.4 is 0 Å². The van der Waals surface area contributed by atoms with E-state index in [1.54, 1.807) is 0 Å². The van der Waals surface area contributed by atoms with Gasteiger partial charge in [-0.1, -0.05) is 18.2 Å². The maximum atomic E-state index is 13.0. The molecule has 0 saturated heterocycles. The van der Waals surface area contributed by atoms with Gasteiger partial charge in [-0.25, -0.2) is 0 Å². The van der Waals surface area contributed by atoms with Gasteiger partial charge in [0, 0.05) is 0 Å². The van der Waals surface area contributed by atoms with Crippen molar-refractivity contribution in [2.45, 2.75) is 32.7 Å². The number of rotatable bonds is 4. The molecule has 2 aromatic rings. The first-order valence-electron chi connectivity index (χ1n) is 6.65. The molecule has 1 aromatic carbocycles. The average Bonchev–Trinajstić information content (AvgIpc) is 2.72.